The number of nitriles is 1. The molecule has 2 N–H and O–H groups in total. The minimum absolute atomic E-state index is 0.0293. The Morgan fingerprint density at radius 2 is 2.16 bits per heavy atom. The molecular weight excluding hydrogens is 238 g/mol. The van der Waals surface area contributed by atoms with Gasteiger partial charge in [-0.1, -0.05) is 18.9 Å². The summed E-state index contributed by atoms with van der Waals surface area (Å²) in [5.41, 5.74) is 6.03. The van der Waals surface area contributed by atoms with Crippen LogP contribution in [0.15, 0.2) is 12.7 Å². The normalized spacial score (nSPS) is 36.4. The van der Waals surface area contributed by atoms with Crippen molar-refractivity contribution in [3.05, 3.63) is 12.7 Å². The van der Waals surface area contributed by atoms with Crippen LogP contribution in [0.25, 0.3) is 0 Å². The van der Waals surface area contributed by atoms with Crippen LogP contribution in [0.1, 0.15) is 38.5 Å². The highest BCUT2D eigenvalue weighted by atomic mass is 16.2. The van der Waals surface area contributed by atoms with Gasteiger partial charge in [-0.25, -0.2) is 0 Å². The first kappa shape index (κ1) is 12.7. The van der Waals surface area contributed by atoms with Gasteiger partial charge in [0.2, 0.25) is 5.91 Å². The molecule has 4 nitrogen and oxygen atoms in total. The summed E-state index contributed by atoms with van der Waals surface area (Å²) in [6.07, 6.45) is 7.88. The zero-order valence-electron chi connectivity index (χ0n) is 11.2. The number of nitrogens with zero attached hydrogens (tertiary/aromatic N) is 2. The lowest BCUT2D eigenvalue weighted by Gasteiger charge is -2.35. The molecule has 0 radical (unpaired) electrons. The highest BCUT2D eigenvalue weighted by molar-refractivity contribution is 5.84. The van der Waals surface area contributed by atoms with Gasteiger partial charge < -0.3 is 10.6 Å². The van der Waals surface area contributed by atoms with Crippen LogP contribution >= 0.6 is 0 Å². The molecule has 1 saturated heterocycles. The van der Waals surface area contributed by atoms with Gasteiger partial charge in [0.15, 0.2) is 0 Å². The van der Waals surface area contributed by atoms with Gasteiger partial charge in [-0.2, -0.15) is 5.26 Å². The van der Waals surface area contributed by atoms with E-state index in [9.17, 15) is 10.1 Å². The van der Waals surface area contributed by atoms with Crippen molar-refractivity contribution in [1.82, 2.24) is 4.90 Å². The molecule has 102 valence electrons. The topological polar surface area (TPSA) is 70.1 Å². The SMILES string of the molecule is C=CC1([C@H](N)C(=O)N2C(C#N)C[C@@H]3C[C@@H]32)CCCC1. The first-order chi connectivity index (χ1) is 9.13. The number of carbonyl (C=O) groups is 1. The first-order valence-electron chi connectivity index (χ1n) is 7.24. The Balaban J connectivity index is 1.80. The fraction of sp³-hybridized carbons (Fsp3) is 0.733. The molecule has 2 aliphatic carbocycles. The molecule has 0 bridgehead atoms. The van der Waals surface area contributed by atoms with Crippen LogP contribution in [0.4, 0.5) is 0 Å². The van der Waals surface area contributed by atoms with E-state index in [2.05, 4.69) is 12.6 Å². The maximum atomic E-state index is 12.7. The number of fused-ring (bicyclic) bond motifs is 1. The third-order valence-corrected chi connectivity index (χ3v) is 5.33. The number of hydrogen-bond donors (Lipinski definition) is 1. The molecule has 4 heteroatoms. The summed E-state index contributed by atoms with van der Waals surface area (Å²) in [5, 5.41) is 9.19. The predicted octanol–water partition coefficient (Wildman–Crippen LogP) is 1.57. The first-order valence-corrected chi connectivity index (χ1v) is 7.24. The van der Waals surface area contributed by atoms with Gasteiger partial charge in [0.05, 0.1) is 12.1 Å². The van der Waals surface area contributed by atoms with E-state index in [1.54, 1.807) is 4.90 Å². The quantitative estimate of drug-likeness (QED) is 0.782. The molecule has 3 rings (SSSR count). The summed E-state index contributed by atoms with van der Waals surface area (Å²) >= 11 is 0. The van der Waals surface area contributed by atoms with Crippen molar-refractivity contribution in [2.75, 3.05) is 0 Å². The second-order valence-corrected chi connectivity index (χ2v) is 6.31. The number of nitrogens with two attached hydrogens (primary N) is 1. The molecule has 3 fully saturated rings. The number of likely N-dealkylation sites (tertiary alicyclic amines) is 1. The summed E-state index contributed by atoms with van der Waals surface area (Å²) < 4.78 is 0. The van der Waals surface area contributed by atoms with E-state index in [0.29, 0.717) is 5.92 Å². The molecule has 2 saturated carbocycles. The van der Waals surface area contributed by atoms with Crippen LogP contribution in [-0.4, -0.2) is 28.9 Å². The average molecular weight is 259 g/mol. The summed E-state index contributed by atoms with van der Waals surface area (Å²) in [7, 11) is 0. The van der Waals surface area contributed by atoms with E-state index in [-0.39, 0.29) is 23.4 Å². The van der Waals surface area contributed by atoms with Crippen LogP contribution in [0.3, 0.4) is 0 Å². The van der Waals surface area contributed by atoms with E-state index in [1.807, 2.05) is 6.08 Å². The van der Waals surface area contributed by atoms with E-state index in [4.69, 9.17) is 5.73 Å². The van der Waals surface area contributed by atoms with E-state index in [0.717, 1.165) is 38.5 Å². The van der Waals surface area contributed by atoms with Crippen molar-refractivity contribution in [3.63, 3.8) is 0 Å². The Morgan fingerprint density at radius 3 is 2.74 bits per heavy atom. The Hall–Kier alpha value is -1.34. The van der Waals surface area contributed by atoms with Gasteiger partial charge >= 0.3 is 0 Å². The summed E-state index contributed by atoms with van der Waals surface area (Å²) in [6, 6.07) is 1.76. The number of amides is 1. The highest BCUT2D eigenvalue weighted by Gasteiger charge is 2.56. The average Bonchev–Trinajstić information content (AvgIpc) is 2.91. The van der Waals surface area contributed by atoms with Crippen molar-refractivity contribution in [2.45, 2.75) is 56.7 Å². The Kier molecular flexibility index (Phi) is 2.90. The predicted molar refractivity (Wildman–Crippen MR) is 71.8 cm³/mol. The minimum Gasteiger partial charge on any atom is -0.322 e. The molecule has 0 aromatic rings. The Morgan fingerprint density at radius 1 is 1.47 bits per heavy atom. The van der Waals surface area contributed by atoms with Gasteiger partial charge in [0.1, 0.15) is 6.04 Å². The van der Waals surface area contributed by atoms with Gasteiger partial charge in [-0.05, 0) is 31.6 Å². The van der Waals surface area contributed by atoms with Crippen LogP contribution in [0.5, 0.6) is 0 Å². The number of hydrogen-bond acceptors (Lipinski definition) is 3. The van der Waals surface area contributed by atoms with Gasteiger partial charge in [0, 0.05) is 11.5 Å². The second kappa shape index (κ2) is 4.35. The van der Waals surface area contributed by atoms with Crippen molar-refractivity contribution < 1.29 is 4.79 Å². The molecule has 0 aromatic heterocycles. The largest absolute Gasteiger partial charge is 0.322 e. The summed E-state index contributed by atoms with van der Waals surface area (Å²) in [5.74, 6) is 0.516. The molecule has 1 aliphatic heterocycles. The van der Waals surface area contributed by atoms with Crippen molar-refractivity contribution in [2.24, 2.45) is 17.1 Å². The molecule has 1 heterocycles. The van der Waals surface area contributed by atoms with E-state index >= 15 is 0 Å². The maximum Gasteiger partial charge on any atom is 0.241 e. The summed E-state index contributed by atoms with van der Waals surface area (Å²) in [4.78, 5) is 14.5. The number of piperidine rings is 1. The molecular formula is C15H21N3O. The third-order valence-electron chi connectivity index (χ3n) is 5.33. The number of rotatable bonds is 3. The molecule has 19 heavy (non-hydrogen) atoms. The molecule has 1 unspecified atom stereocenters. The molecule has 0 spiro atoms. The lowest BCUT2D eigenvalue weighted by Crippen LogP contribution is -2.54. The van der Waals surface area contributed by atoms with Gasteiger partial charge in [-0.3, -0.25) is 4.79 Å². The minimum atomic E-state index is -0.525. The fourth-order valence-electron chi connectivity index (χ4n) is 3.97. The van der Waals surface area contributed by atoms with Crippen molar-refractivity contribution in [1.29, 1.82) is 5.26 Å². The summed E-state index contributed by atoms with van der Waals surface area (Å²) in [6.45, 7) is 3.90. The highest BCUT2D eigenvalue weighted by Crippen LogP contribution is 2.49. The molecule has 0 aromatic carbocycles. The second-order valence-electron chi connectivity index (χ2n) is 6.31. The zero-order valence-corrected chi connectivity index (χ0v) is 11.2. The van der Waals surface area contributed by atoms with Crippen LogP contribution in [-0.2, 0) is 4.79 Å². The smallest absolute Gasteiger partial charge is 0.241 e. The van der Waals surface area contributed by atoms with Crippen LogP contribution in [0, 0.1) is 22.7 Å². The van der Waals surface area contributed by atoms with E-state index in [1.165, 1.54) is 0 Å². The Labute approximate surface area is 114 Å². The zero-order chi connectivity index (χ0) is 13.6. The van der Waals surface area contributed by atoms with Crippen molar-refractivity contribution >= 4 is 5.91 Å². The van der Waals surface area contributed by atoms with E-state index < -0.39 is 6.04 Å². The van der Waals surface area contributed by atoms with Crippen LogP contribution < -0.4 is 5.73 Å². The van der Waals surface area contributed by atoms with Gasteiger partial charge in [-0.15, -0.1) is 6.58 Å². The third kappa shape index (κ3) is 1.80. The lowest BCUT2D eigenvalue weighted by atomic mass is 9.78. The molecule has 3 aliphatic rings. The maximum absolute atomic E-state index is 12.7. The molecule has 1 amide bonds. The van der Waals surface area contributed by atoms with Crippen molar-refractivity contribution in [3.8, 4) is 6.07 Å². The monoisotopic (exact) mass is 259 g/mol. The lowest BCUT2D eigenvalue weighted by molar-refractivity contribution is -0.136. The fourth-order valence-corrected chi connectivity index (χ4v) is 3.97. The van der Waals surface area contributed by atoms with Crippen LogP contribution in [0.2, 0.25) is 0 Å². The Bertz CT molecular complexity index is 447. The van der Waals surface area contributed by atoms with Gasteiger partial charge in [0.25, 0.3) is 0 Å². The molecule has 4 atom stereocenters. The number of carbonyl (C=O) groups excluding carboxylic acids is 1. The standard InChI is InChI=1S/C15H21N3O/c1-2-15(5-3-4-6-15)13(17)14(19)18-11(9-16)7-10-8-12(10)18/h2,10-13H,1,3-8,17H2/t10-,11?,12+,13-/m1/s1.